The van der Waals surface area contributed by atoms with Crippen molar-refractivity contribution in [2.24, 2.45) is 11.7 Å². The van der Waals surface area contributed by atoms with Crippen LogP contribution in [0.3, 0.4) is 0 Å². The van der Waals surface area contributed by atoms with Crippen LogP contribution in [0.25, 0.3) is 0 Å². The maximum atomic E-state index is 5.82. The molecule has 0 radical (unpaired) electrons. The largest absolute Gasteiger partial charge is 0.329 e. The van der Waals surface area contributed by atoms with E-state index < -0.39 is 0 Å². The van der Waals surface area contributed by atoms with Gasteiger partial charge in [-0.25, -0.2) is 0 Å². The highest BCUT2D eigenvalue weighted by atomic mass is 15.2. The molecule has 1 aliphatic carbocycles. The predicted octanol–water partition coefficient (Wildman–Crippen LogP) is 1.46. The Morgan fingerprint density at radius 3 is 2.42 bits per heavy atom. The van der Waals surface area contributed by atoms with Crippen LogP contribution in [0, 0.1) is 5.92 Å². The Morgan fingerprint density at radius 1 is 1.50 bits per heavy atom. The summed E-state index contributed by atoms with van der Waals surface area (Å²) >= 11 is 0. The maximum absolute atomic E-state index is 5.82. The molecule has 1 rings (SSSR count). The first-order valence-corrected chi connectivity index (χ1v) is 5.06. The molecule has 0 bridgehead atoms. The molecule has 0 heterocycles. The second kappa shape index (κ2) is 3.75. The van der Waals surface area contributed by atoms with Crippen molar-refractivity contribution in [1.82, 2.24) is 4.90 Å². The lowest BCUT2D eigenvalue weighted by molar-refractivity contribution is 0.00598. The minimum absolute atomic E-state index is 0.357. The van der Waals surface area contributed by atoms with Gasteiger partial charge in [0.1, 0.15) is 0 Å². The fourth-order valence-corrected chi connectivity index (χ4v) is 2.44. The summed E-state index contributed by atoms with van der Waals surface area (Å²) in [4.78, 5) is 2.45. The summed E-state index contributed by atoms with van der Waals surface area (Å²) in [6.45, 7) is 6.55. The molecule has 0 aromatic heterocycles. The van der Waals surface area contributed by atoms with E-state index in [1.54, 1.807) is 0 Å². The monoisotopic (exact) mass is 170 g/mol. The standard InChI is InChI=1S/C10H22N2/c1-4-5-12(3)10(8-11)6-9(2)7-10/h9H,4-8,11H2,1-3H3. The number of hydrogen-bond acceptors (Lipinski definition) is 2. The van der Waals surface area contributed by atoms with Crippen molar-refractivity contribution in [2.75, 3.05) is 20.1 Å². The van der Waals surface area contributed by atoms with Crippen LogP contribution in [0.2, 0.25) is 0 Å². The molecule has 0 aromatic rings. The molecule has 72 valence electrons. The molecule has 2 nitrogen and oxygen atoms in total. The van der Waals surface area contributed by atoms with Crippen LogP contribution in [-0.4, -0.2) is 30.6 Å². The topological polar surface area (TPSA) is 29.3 Å². The van der Waals surface area contributed by atoms with Gasteiger partial charge in [0, 0.05) is 12.1 Å². The first kappa shape index (κ1) is 10.0. The molecule has 2 heteroatoms. The first-order chi connectivity index (χ1) is 5.64. The third kappa shape index (κ3) is 1.64. The van der Waals surface area contributed by atoms with E-state index in [-0.39, 0.29) is 0 Å². The molecule has 0 saturated heterocycles. The fraction of sp³-hybridized carbons (Fsp3) is 1.00. The van der Waals surface area contributed by atoms with Gasteiger partial charge in [-0.15, -0.1) is 0 Å². The Bertz CT molecular complexity index is 139. The van der Waals surface area contributed by atoms with Gasteiger partial charge in [0.15, 0.2) is 0 Å². The molecule has 1 aliphatic rings. The number of hydrogen-bond donors (Lipinski definition) is 1. The van der Waals surface area contributed by atoms with Crippen molar-refractivity contribution in [1.29, 1.82) is 0 Å². The first-order valence-electron chi connectivity index (χ1n) is 5.06. The van der Waals surface area contributed by atoms with E-state index in [4.69, 9.17) is 5.73 Å². The van der Waals surface area contributed by atoms with Gasteiger partial charge in [-0.05, 0) is 38.8 Å². The Hall–Kier alpha value is -0.0800. The van der Waals surface area contributed by atoms with Crippen LogP contribution in [-0.2, 0) is 0 Å². The fourth-order valence-electron chi connectivity index (χ4n) is 2.44. The number of rotatable bonds is 4. The molecule has 1 fully saturated rings. The number of likely N-dealkylation sites (N-methyl/N-ethyl adjacent to an activating group) is 1. The highest BCUT2D eigenvalue weighted by Gasteiger charge is 2.43. The van der Waals surface area contributed by atoms with Crippen LogP contribution >= 0.6 is 0 Å². The van der Waals surface area contributed by atoms with Gasteiger partial charge < -0.3 is 5.73 Å². The summed E-state index contributed by atoms with van der Waals surface area (Å²) in [7, 11) is 2.21. The van der Waals surface area contributed by atoms with E-state index in [0.717, 1.165) is 12.5 Å². The van der Waals surface area contributed by atoms with Crippen LogP contribution in [0.5, 0.6) is 0 Å². The molecule has 0 spiro atoms. The number of nitrogens with zero attached hydrogens (tertiary/aromatic N) is 1. The van der Waals surface area contributed by atoms with Crippen LogP contribution in [0.4, 0.5) is 0 Å². The third-order valence-electron chi connectivity index (χ3n) is 3.21. The molecular formula is C10H22N2. The third-order valence-corrected chi connectivity index (χ3v) is 3.21. The Morgan fingerprint density at radius 2 is 2.08 bits per heavy atom. The molecule has 0 atom stereocenters. The lowest BCUT2D eigenvalue weighted by Crippen LogP contribution is -2.60. The van der Waals surface area contributed by atoms with Crippen molar-refractivity contribution in [3.63, 3.8) is 0 Å². The summed E-state index contributed by atoms with van der Waals surface area (Å²) in [6, 6.07) is 0. The summed E-state index contributed by atoms with van der Waals surface area (Å²) in [5, 5.41) is 0. The van der Waals surface area contributed by atoms with Crippen molar-refractivity contribution in [3.8, 4) is 0 Å². The summed E-state index contributed by atoms with van der Waals surface area (Å²) in [5.41, 5.74) is 6.18. The zero-order chi connectivity index (χ0) is 9.19. The normalized spacial score (nSPS) is 35.2. The highest BCUT2D eigenvalue weighted by molar-refractivity contribution is 5.00. The zero-order valence-corrected chi connectivity index (χ0v) is 8.64. The average molecular weight is 170 g/mol. The second-order valence-electron chi connectivity index (χ2n) is 4.36. The minimum atomic E-state index is 0.357. The van der Waals surface area contributed by atoms with E-state index in [1.807, 2.05) is 0 Å². The number of nitrogens with two attached hydrogens (primary N) is 1. The van der Waals surface area contributed by atoms with Gasteiger partial charge in [-0.1, -0.05) is 13.8 Å². The maximum Gasteiger partial charge on any atom is 0.0333 e. The van der Waals surface area contributed by atoms with Gasteiger partial charge in [0.25, 0.3) is 0 Å². The van der Waals surface area contributed by atoms with Crippen molar-refractivity contribution >= 4 is 0 Å². The zero-order valence-electron chi connectivity index (χ0n) is 8.64. The van der Waals surface area contributed by atoms with Gasteiger partial charge in [-0.2, -0.15) is 0 Å². The second-order valence-corrected chi connectivity index (χ2v) is 4.36. The highest BCUT2D eigenvalue weighted by Crippen LogP contribution is 2.40. The van der Waals surface area contributed by atoms with Gasteiger partial charge in [0.05, 0.1) is 0 Å². The Balaban J connectivity index is 2.45. The van der Waals surface area contributed by atoms with Crippen LogP contribution < -0.4 is 5.73 Å². The molecule has 0 aliphatic heterocycles. The Labute approximate surface area is 76.1 Å². The summed E-state index contributed by atoms with van der Waals surface area (Å²) in [5.74, 6) is 0.882. The van der Waals surface area contributed by atoms with Gasteiger partial charge in [0.2, 0.25) is 0 Å². The molecule has 0 unspecified atom stereocenters. The lowest BCUT2D eigenvalue weighted by atomic mass is 9.68. The van der Waals surface area contributed by atoms with E-state index in [0.29, 0.717) is 5.54 Å². The average Bonchev–Trinajstić information content (AvgIpc) is 1.98. The van der Waals surface area contributed by atoms with Crippen molar-refractivity contribution < 1.29 is 0 Å². The van der Waals surface area contributed by atoms with Crippen LogP contribution in [0.1, 0.15) is 33.1 Å². The van der Waals surface area contributed by atoms with Crippen molar-refractivity contribution in [3.05, 3.63) is 0 Å². The smallest absolute Gasteiger partial charge is 0.0333 e. The molecule has 1 saturated carbocycles. The molecular weight excluding hydrogens is 148 g/mol. The van der Waals surface area contributed by atoms with E-state index in [1.165, 1.54) is 25.8 Å². The van der Waals surface area contributed by atoms with Crippen molar-refractivity contribution in [2.45, 2.75) is 38.6 Å². The van der Waals surface area contributed by atoms with E-state index in [9.17, 15) is 0 Å². The summed E-state index contributed by atoms with van der Waals surface area (Å²) in [6.07, 6.45) is 3.81. The minimum Gasteiger partial charge on any atom is -0.329 e. The van der Waals surface area contributed by atoms with Gasteiger partial charge >= 0.3 is 0 Å². The van der Waals surface area contributed by atoms with Gasteiger partial charge in [-0.3, -0.25) is 4.90 Å². The molecule has 12 heavy (non-hydrogen) atoms. The summed E-state index contributed by atoms with van der Waals surface area (Å²) < 4.78 is 0. The van der Waals surface area contributed by atoms with E-state index in [2.05, 4.69) is 25.8 Å². The Kier molecular flexibility index (Phi) is 3.13. The quantitative estimate of drug-likeness (QED) is 0.692. The SMILES string of the molecule is CCCN(C)C1(CN)CC(C)C1. The molecule has 2 N–H and O–H groups in total. The predicted molar refractivity (Wildman–Crippen MR) is 53.1 cm³/mol. The lowest BCUT2D eigenvalue weighted by Gasteiger charge is -2.52. The van der Waals surface area contributed by atoms with Crippen LogP contribution in [0.15, 0.2) is 0 Å². The van der Waals surface area contributed by atoms with E-state index >= 15 is 0 Å². The molecule has 0 amide bonds. The molecule has 0 aromatic carbocycles.